The maximum atomic E-state index is 13.9. The first-order valence-corrected chi connectivity index (χ1v) is 9.31. The molecule has 0 unspecified atom stereocenters. The van der Waals surface area contributed by atoms with Crippen molar-refractivity contribution in [3.05, 3.63) is 59.7 Å². The first-order chi connectivity index (χ1) is 12.2. The molecule has 0 radical (unpaired) electrons. The number of benzene rings is 1. The van der Waals surface area contributed by atoms with Crippen molar-refractivity contribution >= 4 is 32.6 Å². The van der Waals surface area contributed by atoms with Gasteiger partial charge < -0.3 is 10.7 Å². The van der Waals surface area contributed by atoms with Gasteiger partial charge in [-0.25, -0.2) is 9.37 Å². The molecule has 4 N–H and O–H groups in total. The van der Waals surface area contributed by atoms with Crippen LogP contribution in [0.15, 0.2) is 42.7 Å². The first-order valence-electron chi connectivity index (χ1n) is 7.70. The number of halogens is 1. The molecule has 2 heterocycles. The first kappa shape index (κ1) is 19.5. The molecule has 2 aromatic heterocycles. The van der Waals surface area contributed by atoms with E-state index in [4.69, 9.17) is 10.3 Å². The summed E-state index contributed by atoms with van der Waals surface area (Å²) in [7, 11) is -3.67. The number of nitrogens with zero attached hydrogens (tertiary/aromatic N) is 1. The molecule has 26 heavy (non-hydrogen) atoms. The zero-order chi connectivity index (χ0) is 19.3. The van der Waals surface area contributed by atoms with Crippen molar-refractivity contribution in [2.75, 3.05) is 11.5 Å². The van der Waals surface area contributed by atoms with Gasteiger partial charge in [0.2, 0.25) is 0 Å². The summed E-state index contributed by atoms with van der Waals surface area (Å²) in [6.45, 7) is 1.69. The number of pyridine rings is 1. The van der Waals surface area contributed by atoms with E-state index in [0.29, 0.717) is 23.0 Å². The number of ketones is 1. The van der Waals surface area contributed by atoms with E-state index < -0.39 is 21.7 Å². The summed E-state index contributed by atoms with van der Waals surface area (Å²) < 4.78 is 41.4. The Morgan fingerprint density at radius 1 is 1.27 bits per heavy atom. The van der Waals surface area contributed by atoms with E-state index in [1.54, 1.807) is 31.3 Å². The maximum absolute atomic E-state index is 13.9. The number of hydrogen-bond donors (Lipinski definition) is 3. The quantitative estimate of drug-likeness (QED) is 0.363. The summed E-state index contributed by atoms with van der Waals surface area (Å²) in [5.41, 5.74) is 6.38. The lowest BCUT2D eigenvalue weighted by atomic mass is 10.0. The number of nitrogen functional groups attached to an aromatic ring is 1. The van der Waals surface area contributed by atoms with Gasteiger partial charge >= 0.3 is 0 Å². The smallest absolute Gasteiger partial charge is 0.264 e. The van der Waals surface area contributed by atoms with Crippen LogP contribution in [0.2, 0.25) is 0 Å². The number of hydrogen-bond acceptors (Lipinski definition) is 5. The second-order valence-electron chi connectivity index (χ2n) is 5.43. The van der Waals surface area contributed by atoms with E-state index in [0.717, 1.165) is 0 Å². The van der Waals surface area contributed by atoms with Crippen LogP contribution in [0, 0.1) is 5.82 Å². The summed E-state index contributed by atoms with van der Waals surface area (Å²) in [4.78, 5) is 19.3. The van der Waals surface area contributed by atoms with Crippen LogP contribution in [0.5, 0.6) is 0 Å². The molecular weight excluding hydrogens is 361 g/mol. The van der Waals surface area contributed by atoms with E-state index >= 15 is 0 Å². The number of H-pyrrole nitrogens is 1. The summed E-state index contributed by atoms with van der Waals surface area (Å²) >= 11 is 0. The summed E-state index contributed by atoms with van der Waals surface area (Å²) in [5, 5.41) is 0.661. The lowest BCUT2D eigenvalue weighted by Crippen LogP contribution is -2.05. The normalized spacial score (nSPS) is 11.0. The zero-order valence-electron chi connectivity index (χ0n) is 13.9. The number of aromatic nitrogens is 2. The third kappa shape index (κ3) is 4.64. The van der Waals surface area contributed by atoms with Gasteiger partial charge in [-0.1, -0.05) is 13.0 Å². The minimum absolute atomic E-state index is 0.0373. The van der Waals surface area contributed by atoms with E-state index in [1.807, 2.05) is 0 Å². The zero-order valence-corrected chi connectivity index (χ0v) is 14.8. The lowest BCUT2D eigenvalue weighted by molar-refractivity contribution is 0.103. The summed E-state index contributed by atoms with van der Waals surface area (Å²) in [6.07, 6.45) is 3.62. The Bertz CT molecular complexity index is 1030. The lowest BCUT2D eigenvalue weighted by Gasteiger charge is -2.03. The Hall–Kier alpha value is -2.78. The Labute approximate surface area is 149 Å². The predicted molar refractivity (Wildman–Crippen MR) is 97.0 cm³/mol. The fourth-order valence-electron chi connectivity index (χ4n) is 2.27. The number of nitrogens with one attached hydrogen (secondary N) is 1. The van der Waals surface area contributed by atoms with Crippen molar-refractivity contribution in [1.29, 1.82) is 0 Å². The van der Waals surface area contributed by atoms with Gasteiger partial charge in [0.05, 0.1) is 17.0 Å². The van der Waals surface area contributed by atoms with Crippen LogP contribution in [0.25, 0.3) is 11.0 Å². The van der Waals surface area contributed by atoms with Crippen LogP contribution in [0.4, 0.5) is 10.1 Å². The fraction of sp³-hybridized carbons (Fsp3) is 0.176. The Kier molecular flexibility index (Phi) is 6.06. The molecule has 3 aromatic rings. The number of carbonyl (C=O) groups excluding carboxylic acids is 1. The molecule has 138 valence electrons. The van der Waals surface area contributed by atoms with Crippen LogP contribution >= 0.6 is 0 Å². The van der Waals surface area contributed by atoms with Gasteiger partial charge in [0, 0.05) is 23.3 Å². The summed E-state index contributed by atoms with van der Waals surface area (Å²) in [6, 6.07) is 7.88. The van der Waals surface area contributed by atoms with E-state index in [9.17, 15) is 17.6 Å². The molecule has 0 saturated carbocycles. The third-order valence-corrected chi connectivity index (χ3v) is 4.36. The van der Waals surface area contributed by atoms with Gasteiger partial charge in [0.25, 0.3) is 10.1 Å². The number of fused-ring (bicyclic) bond motifs is 1. The molecule has 0 aliphatic rings. The fourth-order valence-corrected chi connectivity index (χ4v) is 2.79. The Morgan fingerprint density at radius 3 is 2.62 bits per heavy atom. The molecule has 1 aromatic carbocycles. The van der Waals surface area contributed by atoms with Crippen molar-refractivity contribution < 1.29 is 22.2 Å². The van der Waals surface area contributed by atoms with Crippen LogP contribution in [-0.4, -0.2) is 34.5 Å². The van der Waals surface area contributed by atoms with Gasteiger partial charge in [-0.15, -0.1) is 0 Å². The highest BCUT2D eigenvalue weighted by Crippen LogP contribution is 2.22. The van der Waals surface area contributed by atoms with Crippen molar-refractivity contribution in [3.8, 4) is 0 Å². The van der Waals surface area contributed by atoms with Gasteiger partial charge in [-0.2, -0.15) is 8.42 Å². The van der Waals surface area contributed by atoms with Gasteiger partial charge in [-0.05, 0) is 30.7 Å². The molecule has 0 atom stereocenters. The SMILES string of the molecule is CCCS(=O)(=O)O.Nc1cccc(C(=O)c2c[nH]c3ncccc23)c1F. The molecule has 0 amide bonds. The van der Waals surface area contributed by atoms with Gasteiger partial charge in [0.15, 0.2) is 11.6 Å². The second-order valence-corrected chi connectivity index (χ2v) is 7.00. The molecule has 0 saturated heterocycles. The molecule has 9 heteroatoms. The molecule has 0 fully saturated rings. The van der Waals surface area contributed by atoms with E-state index in [2.05, 4.69) is 9.97 Å². The molecule has 7 nitrogen and oxygen atoms in total. The monoisotopic (exact) mass is 379 g/mol. The average Bonchev–Trinajstić information content (AvgIpc) is 3.00. The number of aromatic amines is 1. The van der Waals surface area contributed by atoms with Crippen molar-refractivity contribution in [3.63, 3.8) is 0 Å². The van der Waals surface area contributed by atoms with E-state index in [1.165, 1.54) is 18.3 Å². The van der Waals surface area contributed by atoms with Crippen LogP contribution in [0.3, 0.4) is 0 Å². The number of nitrogens with two attached hydrogens (primary N) is 1. The Morgan fingerprint density at radius 2 is 2.00 bits per heavy atom. The number of carbonyl (C=O) groups is 1. The predicted octanol–water partition coefficient (Wildman–Crippen LogP) is 2.80. The van der Waals surface area contributed by atoms with Crippen molar-refractivity contribution in [2.45, 2.75) is 13.3 Å². The standard InChI is InChI=1S/C14H10FN3O.C3H8O3S/c15-12-9(3-1-5-11(12)16)13(19)10-7-18-14-8(10)4-2-6-17-14;1-2-3-7(4,5)6/h1-7H,16H2,(H,17,18);2-3H2,1H3,(H,4,5,6). The van der Waals surface area contributed by atoms with Crippen LogP contribution in [-0.2, 0) is 10.1 Å². The topological polar surface area (TPSA) is 126 Å². The molecule has 0 aliphatic heterocycles. The minimum Gasteiger partial charge on any atom is -0.396 e. The molecule has 0 spiro atoms. The molecule has 3 rings (SSSR count). The average molecular weight is 379 g/mol. The largest absolute Gasteiger partial charge is 0.396 e. The third-order valence-electron chi connectivity index (χ3n) is 3.43. The number of rotatable bonds is 4. The van der Waals surface area contributed by atoms with Crippen LogP contribution in [0.1, 0.15) is 29.3 Å². The molecule has 0 aliphatic carbocycles. The van der Waals surface area contributed by atoms with Crippen molar-refractivity contribution in [2.24, 2.45) is 0 Å². The highest BCUT2D eigenvalue weighted by Gasteiger charge is 2.18. The minimum atomic E-state index is -3.67. The second kappa shape index (κ2) is 8.07. The summed E-state index contributed by atoms with van der Waals surface area (Å²) in [5.74, 6) is -1.23. The Balaban J connectivity index is 0.000000298. The van der Waals surface area contributed by atoms with E-state index in [-0.39, 0.29) is 17.0 Å². The highest BCUT2D eigenvalue weighted by molar-refractivity contribution is 7.85. The van der Waals surface area contributed by atoms with Gasteiger partial charge in [0.1, 0.15) is 5.65 Å². The molecule has 0 bridgehead atoms. The number of anilines is 1. The van der Waals surface area contributed by atoms with Gasteiger partial charge in [-0.3, -0.25) is 9.35 Å². The maximum Gasteiger partial charge on any atom is 0.264 e. The van der Waals surface area contributed by atoms with Crippen LogP contribution < -0.4 is 5.73 Å². The van der Waals surface area contributed by atoms with Crippen molar-refractivity contribution in [1.82, 2.24) is 9.97 Å². The highest BCUT2D eigenvalue weighted by atomic mass is 32.2. The molecular formula is C17H18FN3O4S.